The summed E-state index contributed by atoms with van der Waals surface area (Å²) in [6, 6.07) is 14.7. The van der Waals surface area contributed by atoms with E-state index in [1.165, 1.54) is 16.4 Å². The largest absolute Gasteiger partial charge is 0.207 e. The van der Waals surface area contributed by atoms with Gasteiger partial charge in [0, 0.05) is 11.1 Å². The molecule has 22 heavy (non-hydrogen) atoms. The molecule has 0 aliphatic heterocycles. The monoisotopic (exact) mass is 296 g/mol. The van der Waals surface area contributed by atoms with Crippen LogP contribution in [0.4, 0.5) is 4.39 Å². The van der Waals surface area contributed by atoms with Crippen LogP contribution in [0.5, 0.6) is 0 Å². The van der Waals surface area contributed by atoms with Crippen molar-refractivity contribution in [3.63, 3.8) is 0 Å². The molecule has 0 saturated carbocycles. The number of nitrogens with zero attached hydrogens (tertiary/aromatic N) is 4. The zero-order valence-electron chi connectivity index (χ0n) is 12.6. The number of hydrogen-bond acceptors (Lipinski definition) is 3. The summed E-state index contributed by atoms with van der Waals surface area (Å²) in [5.74, 6) is 0.771. The first kappa shape index (κ1) is 14.4. The van der Waals surface area contributed by atoms with Crippen molar-refractivity contribution in [3.05, 3.63) is 65.5 Å². The van der Waals surface area contributed by atoms with Gasteiger partial charge in [-0.15, -0.1) is 10.2 Å². The molecule has 0 aliphatic rings. The number of aromatic nitrogens is 4. The summed E-state index contributed by atoms with van der Waals surface area (Å²) in [5, 5.41) is 12.4. The molecule has 3 rings (SSSR count). The SMILES string of the molecule is CC(C)c1ccc(-c2nnn(Cc3ccccc3F)n2)cc1. The van der Waals surface area contributed by atoms with Gasteiger partial charge in [0.05, 0.1) is 6.54 Å². The minimum absolute atomic E-state index is 0.261. The molecule has 2 aromatic carbocycles. The molecule has 112 valence electrons. The van der Waals surface area contributed by atoms with Crippen molar-refractivity contribution in [2.45, 2.75) is 26.3 Å². The third kappa shape index (κ3) is 3.03. The molecule has 4 nitrogen and oxygen atoms in total. The van der Waals surface area contributed by atoms with Crippen molar-refractivity contribution in [2.75, 3.05) is 0 Å². The Morgan fingerprint density at radius 2 is 1.77 bits per heavy atom. The van der Waals surface area contributed by atoms with E-state index in [4.69, 9.17) is 0 Å². The van der Waals surface area contributed by atoms with Crippen LogP contribution >= 0.6 is 0 Å². The quantitative estimate of drug-likeness (QED) is 0.738. The Kier molecular flexibility index (Phi) is 3.96. The molecule has 0 saturated heterocycles. The van der Waals surface area contributed by atoms with Crippen LogP contribution in [-0.4, -0.2) is 20.2 Å². The maximum atomic E-state index is 13.6. The first-order valence-electron chi connectivity index (χ1n) is 7.25. The Morgan fingerprint density at radius 1 is 1.05 bits per heavy atom. The summed E-state index contributed by atoms with van der Waals surface area (Å²) in [7, 11) is 0. The topological polar surface area (TPSA) is 43.6 Å². The van der Waals surface area contributed by atoms with E-state index in [1.54, 1.807) is 18.2 Å². The molecule has 0 amide bonds. The van der Waals surface area contributed by atoms with Crippen LogP contribution in [0.1, 0.15) is 30.9 Å². The van der Waals surface area contributed by atoms with Crippen molar-refractivity contribution in [1.82, 2.24) is 20.2 Å². The number of rotatable bonds is 4. The Bertz CT molecular complexity index is 762. The Balaban J connectivity index is 1.80. The summed E-state index contributed by atoms with van der Waals surface area (Å²) < 4.78 is 13.6. The predicted octanol–water partition coefficient (Wildman–Crippen LogP) is 3.65. The smallest absolute Gasteiger partial charge is 0.204 e. The molecule has 0 bridgehead atoms. The average molecular weight is 296 g/mol. The molecule has 1 aromatic heterocycles. The lowest BCUT2D eigenvalue weighted by molar-refractivity contribution is 0.539. The van der Waals surface area contributed by atoms with Crippen molar-refractivity contribution in [2.24, 2.45) is 0 Å². The third-order valence-corrected chi connectivity index (χ3v) is 3.56. The minimum Gasteiger partial charge on any atom is -0.207 e. The fourth-order valence-electron chi connectivity index (χ4n) is 2.22. The van der Waals surface area contributed by atoms with E-state index in [-0.39, 0.29) is 12.4 Å². The summed E-state index contributed by atoms with van der Waals surface area (Å²) in [6.45, 7) is 4.57. The molecule has 0 N–H and O–H groups in total. The van der Waals surface area contributed by atoms with Gasteiger partial charge in [0.2, 0.25) is 5.82 Å². The van der Waals surface area contributed by atoms with E-state index in [2.05, 4.69) is 41.4 Å². The molecule has 1 heterocycles. The van der Waals surface area contributed by atoms with Crippen LogP contribution in [-0.2, 0) is 6.54 Å². The first-order chi connectivity index (χ1) is 10.6. The van der Waals surface area contributed by atoms with Gasteiger partial charge in [-0.05, 0) is 22.8 Å². The lowest BCUT2D eigenvalue weighted by atomic mass is 10.0. The molecule has 0 aliphatic carbocycles. The Labute approximate surface area is 128 Å². The normalized spacial score (nSPS) is 11.1. The van der Waals surface area contributed by atoms with Gasteiger partial charge >= 0.3 is 0 Å². The summed E-state index contributed by atoms with van der Waals surface area (Å²) in [5.41, 5.74) is 2.72. The second-order valence-corrected chi connectivity index (χ2v) is 5.51. The minimum atomic E-state index is -0.261. The zero-order valence-corrected chi connectivity index (χ0v) is 12.6. The highest BCUT2D eigenvalue weighted by Gasteiger charge is 2.09. The lowest BCUT2D eigenvalue weighted by Gasteiger charge is -2.04. The van der Waals surface area contributed by atoms with Crippen LogP contribution < -0.4 is 0 Å². The molecule has 5 heteroatoms. The van der Waals surface area contributed by atoms with Crippen LogP contribution in [0.2, 0.25) is 0 Å². The lowest BCUT2D eigenvalue weighted by Crippen LogP contribution is -2.05. The van der Waals surface area contributed by atoms with E-state index >= 15 is 0 Å². The Morgan fingerprint density at radius 3 is 2.45 bits per heavy atom. The van der Waals surface area contributed by atoms with Gasteiger partial charge in [-0.25, -0.2) is 4.39 Å². The summed E-state index contributed by atoms with van der Waals surface area (Å²) in [4.78, 5) is 1.41. The molecular weight excluding hydrogens is 279 g/mol. The van der Waals surface area contributed by atoms with Crippen LogP contribution in [0.15, 0.2) is 48.5 Å². The second-order valence-electron chi connectivity index (χ2n) is 5.51. The zero-order chi connectivity index (χ0) is 15.5. The fraction of sp³-hybridized carbons (Fsp3) is 0.235. The molecule has 0 atom stereocenters. The van der Waals surface area contributed by atoms with Crippen molar-refractivity contribution in [3.8, 4) is 11.4 Å². The maximum Gasteiger partial charge on any atom is 0.204 e. The number of benzene rings is 2. The van der Waals surface area contributed by atoms with Gasteiger partial charge in [0.15, 0.2) is 0 Å². The molecule has 3 aromatic rings. The van der Waals surface area contributed by atoms with E-state index in [0.29, 0.717) is 17.3 Å². The molecule has 0 radical (unpaired) electrons. The average Bonchev–Trinajstić information content (AvgIpc) is 2.98. The van der Waals surface area contributed by atoms with Crippen LogP contribution in [0, 0.1) is 5.82 Å². The number of halogens is 1. The third-order valence-electron chi connectivity index (χ3n) is 3.56. The van der Waals surface area contributed by atoms with E-state index in [0.717, 1.165) is 5.56 Å². The van der Waals surface area contributed by atoms with E-state index in [1.807, 2.05) is 12.1 Å². The molecule has 0 unspecified atom stereocenters. The molecule has 0 spiro atoms. The first-order valence-corrected chi connectivity index (χ1v) is 7.25. The predicted molar refractivity (Wildman–Crippen MR) is 82.8 cm³/mol. The molecule has 0 fully saturated rings. The van der Waals surface area contributed by atoms with Crippen LogP contribution in [0.25, 0.3) is 11.4 Å². The highest BCUT2D eigenvalue weighted by atomic mass is 19.1. The van der Waals surface area contributed by atoms with Gasteiger partial charge in [-0.2, -0.15) is 4.80 Å². The van der Waals surface area contributed by atoms with Gasteiger partial charge in [0.1, 0.15) is 5.82 Å². The standard InChI is InChI=1S/C17H17FN4/c1-12(2)13-7-9-14(10-8-13)17-19-21-22(20-17)11-15-5-3-4-6-16(15)18/h3-10,12H,11H2,1-2H3. The van der Waals surface area contributed by atoms with Crippen molar-refractivity contribution >= 4 is 0 Å². The highest BCUT2D eigenvalue weighted by molar-refractivity contribution is 5.54. The van der Waals surface area contributed by atoms with Crippen LogP contribution in [0.3, 0.4) is 0 Å². The molecular formula is C17H17FN4. The van der Waals surface area contributed by atoms with E-state index < -0.39 is 0 Å². The Hall–Kier alpha value is -2.56. The van der Waals surface area contributed by atoms with Gasteiger partial charge in [-0.1, -0.05) is 56.3 Å². The highest BCUT2D eigenvalue weighted by Crippen LogP contribution is 2.19. The summed E-state index contributed by atoms with van der Waals surface area (Å²) >= 11 is 0. The van der Waals surface area contributed by atoms with E-state index in [9.17, 15) is 4.39 Å². The van der Waals surface area contributed by atoms with Gasteiger partial charge in [-0.3, -0.25) is 0 Å². The number of tetrazole rings is 1. The summed E-state index contributed by atoms with van der Waals surface area (Å²) in [6.07, 6.45) is 0. The second kappa shape index (κ2) is 6.05. The van der Waals surface area contributed by atoms with Crippen molar-refractivity contribution < 1.29 is 4.39 Å². The number of hydrogen-bond donors (Lipinski definition) is 0. The van der Waals surface area contributed by atoms with Gasteiger partial charge in [0.25, 0.3) is 0 Å². The van der Waals surface area contributed by atoms with Crippen molar-refractivity contribution in [1.29, 1.82) is 0 Å². The fourth-order valence-corrected chi connectivity index (χ4v) is 2.22. The van der Waals surface area contributed by atoms with Gasteiger partial charge < -0.3 is 0 Å². The maximum absolute atomic E-state index is 13.6.